The molecule has 1 saturated heterocycles. The molecule has 10 nitrogen and oxygen atoms in total. The van der Waals surface area contributed by atoms with Crippen molar-refractivity contribution in [2.45, 2.75) is 15.4 Å². The van der Waals surface area contributed by atoms with Crippen LogP contribution in [0.4, 0.5) is 0 Å². The van der Waals surface area contributed by atoms with E-state index in [1.165, 1.54) is 43.8 Å². The molecular weight excluding hydrogens is 516 g/mol. The van der Waals surface area contributed by atoms with Crippen molar-refractivity contribution in [3.63, 3.8) is 0 Å². The van der Waals surface area contributed by atoms with Crippen LogP contribution in [0.3, 0.4) is 0 Å². The molecule has 2 aromatic carbocycles. The molecule has 1 aliphatic rings. The third kappa shape index (κ3) is 4.10. The van der Waals surface area contributed by atoms with Gasteiger partial charge in [0, 0.05) is 34.6 Å². The van der Waals surface area contributed by atoms with Gasteiger partial charge in [-0.2, -0.15) is 0 Å². The molecule has 0 unspecified atom stereocenters. The number of aromatic hydroxyl groups is 1. The molecule has 2 aromatic heterocycles. The molecule has 0 radical (unpaired) electrons. The Morgan fingerprint density at radius 3 is 2.76 bits per heavy atom. The van der Waals surface area contributed by atoms with Crippen molar-refractivity contribution < 1.29 is 29.7 Å². The molecule has 3 atom stereocenters. The van der Waals surface area contributed by atoms with Crippen LogP contribution in [0, 0.1) is 0 Å². The van der Waals surface area contributed by atoms with Crippen LogP contribution in [0.15, 0.2) is 60.0 Å². The Morgan fingerprint density at radius 2 is 2.05 bits per heavy atom. The molecule has 0 saturated carbocycles. The van der Waals surface area contributed by atoms with E-state index in [4.69, 9.17) is 9.47 Å². The summed E-state index contributed by atoms with van der Waals surface area (Å²) in [5.41, 5.74) is 2.21. The third-order valence-corrected chi connectivity index (χ3v) is 9.59. The van der Waals surface area contributed by atoms with Crippen LogP contribution < -0.4 is 4.74 Å². The highest BCUT2D eigenvalue weighted by Crippen LogP contribution is 2.61. The highest BCUT2D eigenvalue weighted by atomic mass is 32.2. The van der Waals surface area contributed by atoms with Gasteiger partial charge in [0.2, 0.25) is 5.71 Å². The highest BCUT2D eigenvalue weighted by Gasteiger charge is 2.51. The normalized spacial score (nSPS) is 22.2. The van der Waals surface area contributed by atoms with Crippen LogP contribution in [0.5, 0.6) is 11.5 Å². The second-order valence-electron chi connectivity index (χ2n) is 8.26. The number of nitrogens with one attached hydrogen (secondary N) is 2. The van der Waals surface area contributed by atoms with Gasteiger partial charge >= 0.3 is 5.97 Å². The molecule has 4 aromatic rings. The maximum atomic E-state index is 12.5. The second-order valence-corrected chi connectivity index (χ2v) is 11.0. The fourth-order valence-corrected chi connectivity index (χ4v) is 8.11. The fourth-order valence-electron chi connectivity index (χ4n) is 4.59. The van der Waals surface area contributed by atoms with E-state index in [0.29, 0.717) is 22.8 Å². The number of ether oxygens (including phenoxy) is 2. The lowest BCUT2D eigenvalue weighted by Crippen LogP contribution is -2.43. The van der Waals surface area contributed by atoms with Gasteiger partial charge in [-0.15, -0.1) is 23.5 Å². The number of aromatic amines is 2. The van der Waals surface area contributed by atoms with Crippen LogP contribution in [-0.4, -0.2) is 68.1 Å². The number of nitrogens with zero attached hydrogens (tertiary/aromatic N) is 2. The fraction of sp³-hybridized carbons (Fsp3) is 0.240. The zero-order valence-electron chi connectivity index (χ0n) is 19.8. The van der Waals surface area contributed by atoms with Gasteiger partial charge < -0.3 is 34.9 Å². The first-order valence-corrected chi connectivity index (χ1v) is 13.1. The largest absolute Gasteiger partial charge is 0.504 e. The number of aliphatic hydroxyl groups is 1. The summed E-state index contributed by atoms with van der Waals surface area (Å²) in [4.78, 5) is 23.4. The number of thioether (sulfide) groups is 2. The number of imidazole rings is 1. The summed E-state index contributed by atoms with van der Waals surface area (Å²) in [7, 11) is 2.68. The minimum absolute atomic E-state index is 0.0251. The number of phenols is 1. The van der Waals surface area contributed by atoms with Gasteiger partial charge in [-0.1, -0.05) is 29.4 Å². The Morgan fingerprint density at radius 1 is 1.24 bits per heavy atom. The molecule has 0 bridgehead atoms. The predicted molar refractivity (Wildman–Crippen MR) is 141 cm³/mol. The Balaban J connectivity index is 1.72. The topological polar surface area (TPSA) is 153 Å². The molecule has 12 heteroatoms. The Hall–Kier alpha value is -3.61. The monoisotopic (exact) mass is 540 g/mol. The van der Waals surface area contributed by atoms with Crippen molar-refractivity contribution in [1.82, 2.24) is 15.0 Å². The first kappa shape index (κ1) is 25.1. The van der Waals surface area contributed by atoms with Gasteiger partial charge in [0.25, 0.3) is 0 Å². The highest BCUT2D eigenvalue weighted by molar-refractivity contribution is 8.17. The van der Waals surface area contributed by atoms with E-state index in [2.05, 4.69) is 20.1 Å². The molecule has 5 rings (SSSR count). The summed E-state index contributed by atoms with van der Waals surface area (Å²) < 4.78 is 8.79. The minimum atomic E-state index is -1.09. The molecule has 1 fully saturated rings. The Labute approximate surface area is 220 Å². The van der Waals surface area contributed by atoms with E-state index in [-0.39, 0.29) is 21.8 Å². The summed E-state index contributed by atoms with van der Waals surface area (Å²) in [6.45, 7) is 0. The number of para-hydroxylation sites is 1. The lowest BCUT2D eigenvalue weighted by atomic mass is 9.91. The van der Waals surface area contributed by atoms with Crippen molar-refractivity contribution in [3.8, 4) is 11.5 Å². The van der Waals surface area contributed by atoms with E-state index in [9.17, 15) is 20.2 Å². The molecule has 1 aliphatic heterocycles. The smallest absolute Gasteiger partial charge is 0.362 e. The van der Waals surface area contributed by atoms with Gasteiger partial charge in [0.15, 0.2) is 11.5 Å². The number of aromatic nitrogens is 3. The number of carbonyl (C=O) groups excluding carboxylic acids is 1. The number of carbonyl (C=O) groups is 1. The van der Waals surface area contributed by atoms with Gasteiger partial charge in [-0.3, -0.25) is 0 Å². The van der Waals surface area contributed by atoms with Crippen molar-refractivity contribution in [2.24, 2.45) is 5.16 Å². The first-order chi connectivity index (χ1) is 17.9. The van der Waals surface area contributed by atoms with Crippen LogP contribution in [-0.2, 0) is 14.3 Å². The number of methoxy groups -OCH3 is 2. The minimum Gasteiger partial charge on any atom is -0.504 e. The quantitative estimate of drug-likeness (QED) is 0.107. The van der Waals surface area contributed by atoms with Gasteiger partial charge in [0.1, 0.15) is 10.6 Å². The number of phenolic OH excluding ortho intramolecular Hbond substituents is 1. The maximum absolute atomic E-state index is 12.5. The summed E-state index contributed by atoms with van der Waals surface area (Å²) in [5.74, 6) is 0.293. The summed E-state index contributed by atoms with van der Waals surface area (Å²) in [5, 5.41) is 35.6. The van der Waals surface area contributed by atoms with Crippen molar-refractivity contribution in [2.75, 3.05) is 20.0 Å². The molecule has 192 valence electrons. The number of H-pyrrole nitrogens is 2. The third-order valence-electron chi connectivity index (χ3n) is 6.32. The number of fused-ring (bicyclic) bond motifs is 1. The van der Waals surface area contributed by atoms with E-state index >= 15 is 0 Å². The van der Waals surface area contributed by atoms with Crippen LogP contribution in [0.25, 0.3) is 10.9 Å². The molecule has 3 heterocycles. The van der Waals surface area contributed by atoms with Crippen LogP contribution in [0.2, 0.25) is 0 Å². The average Bonchev–Trinajstić information content (AvgIpc) is 3.59. The number of hydrogen-bond acceptors (Lipinski definition) is 10. The number of aliphatic hydroxyl groups excluding tert-OH is 1. The average molecular weight is 541 g/mol. The SMILES string of the molecule is COC(=O)/C(=N\O)c1[nH]c2ccccc2c1[C@H]1SC[C@@H](O)[C@@](c2ccc(O)c(OC)c2)(c2ncc[nH]2)S1. The molecular formula is C25H24N4O6S2. The first-order valence-electron chi connectivity index (χ1n) is 11.2. The number of esters is 1. The van der Waals surface area contributed by atoms with E-state index in [1.807, 2.05) is 24.3 Å². The van der Waals surface area contributed by atoms with Gasteiger partial charge in [-0.05, 0) is 23.8 Å². The standard InChI is InChI=1S/C25H24N4O6S2/c1-34-17-11-13(7-8-16(17)30)25(24-26-9-10-27-24)18(31)12-36-23(37-25)19-14-5-3-4-6-15(14)28-20(19)21(29-33)22(32)35-2/h3-11,18,23,28,30-31,33H,12H2,1-2H3,(H,26,27)/b29-21-/t18-,23+,25+/m1/s1. The van der Waals surface area contributed by atoms with E-state index in [1.54, 1.807) is 24.5 Å². The maximum Gasteiger partial charge on any atom is 0.362 e. The van der Waals surface area contributed by atoms with Gasteiger partial charge in [0.05, 0.1) is 30.6 Å². The van der Waals surface area contributed by atoms with Gasteiger partial charge in [-0.25, -0.2) is 9.78 Å². The van der Waals surface area contributed by atoms with Crippen LogP contribution in [0.1, 0.15) is 27.2 Å². The molecule has 0 aliphatic carbocycles. The molecule has 0 spiro atoms. The number of benzene rings is 2. The van der Waals surface area contributed by atoms with Crippen molar-refractivity contribution >= 4 is 46.1 Å². The lowest BCUT2D eigenvalue weighted by Gasteiger charge is -2.43. The summed E-state index contributed by atoms with van der Waals surface area (Å²) >= 11 is 2.92. The Bertz CT molecular complexity index is 1470. The van der Waals surface area contributed by atoms with E-state index < -0.39 is 16.8 Å². The van der Waals surface area contributed by atoms with E-state index in [0.717, 1.165) is 16.5 Å². The molecule has 0 amide bonds. The van der Waals surface area contributed by atoms with Crippen LogP contribution >= 0.6 is 23.5 Å². The second kappa shape index (κ2) is 10.0. The summed E-state index contributed by atoms with van der Waals surface area (Å²) in [6.07, 6.45) is 2.42. The number of hydrogen-bond donors (Lipinski definition) is 5. The summed E-state index contributed by atoms with van der Waals surface area (Å²) in [6, 6.07) is 12.5. The number of oxime groups is 1. The predicted octanol–water partition coefficient (Wildman–Crippen LogP) is 3.74. The zero-order valence-corrected chi connectivity index (χ0v) is 21.5. The molecule has 37 heavy (non-hydrogen) atoms. The number of rotatable bonds is 6. The van der Waals surface area contributed by atoms with Crippen molar-refractivity contribution in [3.05, 3.63) is 77.5 Å². The zero-order chi connectivity index (χ0) is 26.2. The Kier molecular flexibility index (Phi) is 6.80. The van der Waals surface area contributed by atoms with Crippen molar-refractivity contribution in [1.29, 1.82) is 0 Å². The lowest BCUT2D eigenvalue weighted by molar-refractivity contribution is -0.132. The molecule has 5 N–H and O–H groups in total.